The van der Waals surface area contributed by atoms with Gasteiger partial charge < -0.3 is 15.9 Å². The van der Waals surface area contributed by atoms with Gasteiger partial charge in [-0.1, -0.05) is 13.8 Å². The average molecular weight is 195 g/mol. The second kappa shape index (κ2) is 3.57. The van der Waals surface area contributed by atoms with E-state index < -0.39 is 5.97 Å². The van der Waals surface area contributed by atoms with E-state index in [0.29, 0.717) is 5.69 Å². The number of nitrogen functional groups attached to an aromatic ring is 1. The van der Waals surface area contributed by atoms with Gasteiger partial charge in [0.25, 0.3) is 0 Å². The van der Waals surface area contributed by atoms with E-state index in [-0.39, 0.29) is 17.2 Å². The Hall–Kier alpha value is -1.71. The molecule has 4 heteroatoms. The van der Waals surface area contributed by atoms with Crippen LogP contribution in [0, 0.1) is 0 Å². The van der Waals surface area contributed by atoms with Gasteiger partial charge in [0.1, 0.15) is 11.3 Å². The SMILES string of the molecule is CC(C)c1cc(O)c(C(=O)O)cc1N. The van der Waals surface area contributed by atoms with Crippen molar-refractivity contribution in [1.82, 2.24) is 0 Å². The Morgan fingerprint density at radius 1 is 1.43 bits per heavy atom. The van der Waals surface area contributed by atoms with E-state index in [4.69, 9.17) is 10.8 Å². The van der Waals surface area contributed by atoms with Crippen LogP contribution in [-0.4, -0.2) is 16.2 Å². The van der Waals surface area contributed by atoms with Crippen molar-refractivity contribution in [2.75, 3.05) is 5.73 Å². The fraction of sp³-hybridized carbons (Fsp3) is 0.300. The first-order valence-electron chi connectivity index (χ1n) is 4.29. The number of aromatic carboxylic acids is 1. The molecule has 0 fully saturated rings. The summed E-state index contributed by atoms with van der Waals surface area (Å²) in [5, 5.41) is 18.1. The fourth-order valence-electron chi connectivity index (χ4n) is 1.29. The molecule has 0 saturated carbocycles. The van der Waals surface area contributed by atoms with Gasteiger partial charge in [-0.05, 0) is 23.6 Å². The number of benzene rings is 1. The molecular weight excluding hydrogens is 182 g/mol. The molecule has 0 bridgehead atoms. The molecule has 1 rings (SSSR count). The summed E-state index contributed by atoms with van der Waals surface area (Å²) in [6.07, 6.45) is 0. The van der Waals surface area contributed by atoms with Crippen LogP contribution in [0.1, 0.15) is 35.7 Å². The van der Waals surface area contributed by atoms with E-state index in [1.807, 2.05) is 13.8 Å². The zero-order valence-electron chi connectivity index (χ0n) is 8.11. The zero-order chi connectivity index (χ0) is 10.9. The summed E-state index contributed by atoms with van der Waals surface area (Å²) in [7, 11) is 0. The van der Waals surface area contributed by atoms with Crippen LogP contribution in [0.4, 0.5) is 5.69 Å². The van der Waals surface area contributed by atoms with E-state index in [9.17, 15) is 9.90 Å². The minimum Gasteiger partial charge on any atom is -0.507 e. The first-order valence-corrected chi connectivity index (χ1v) is 4.29. The molecule has 0 heterocycles. The van der Waals surface area contributed by atoms with Crippen LogP contribution in [-0.2, 0) is 0 Å². The van der Waals surface area contributed by atoms with Crippen LogP contribution >= 0.6 is 0 Å². The standard InChI is InChI=1S/C10H13NO3/c1-5(2)6-4-9(12)7(10(13)14)3-8(6)11/h3-5,12H,11H2,1-2H3,(H,13,14). The quantitative estimate of drug-likeness (QED) is 0.496. The normalized spacial score (nSPS) is 10.5. The molecule has 0 aliphatic carbocycles. The molecule has 14 heavy (non-hydrogen) atoms. The lowest BCUT2D eigenvalue weighted by molar-refractivity contribution is 0.0694. The topological polar surface area (TPSA) is 83.5 Å². The first kappa shape index (κ1) is 10.4. The molecule has 1 aromatic carbocycles. The molecule has 0 saturated heterocycles. The number of hydrogen-bond acceptors (Lipinski definition) is 3. The molecule has 0 unspecified atom stereocenters. The number of carbonyl (C=O) groups is 1. The Balaban J connectivity index is 3.31. The molecule has 0 radical (unpaired) electrons. The van der Waals surface area contributed by atoms with E-state index in [2.05, 4.69) is 0 Å². The summed E-state index contributed by atoms with van der Waals surface area (Å²) in [4.78, 5) is 10.6. The van der Waals surface area contributed by atoms with E-state index in [0.717, 1.165) is 5.56 Å². The number of hydrogen-bond donors (Lipinski definition) is 3. The van der Waals surface area contributed by atoms with Crippen molar-refractivity contribution in [3.05, 3.63) is 23.3 Å². The third kappa shape index (κ3) is 1.79. The largest absolute Gasteiger partial charge is 0.507 e. The van der Waals surface area contributed by atoms with Crippen molar-refractivity contribution in [2.45, 2.75) is 19.8 Å². The van der Waals surface area contributed by atoms with Crippen molar-refractivity contribution >= 4 is 11.7 Å². The van der Waals surface area contributed by atoms with Gasteiger partial charge in [-0.3, -0.25) is 0 Å². The summed E-state index contributed by atoms with van der Waals surface area (Å²) in [6, 6.07) is 2.69. The highest BCUT2D eigenvalue weighted by atomic mass is 16.4. The van der Waals surface area contributed by atoms with Crippen molar-refractivity contribution in [2.24, 2.45) is 0 Å². The Kier molecular flexibility index (Phi) is 2.65. The first-order chi connectivity index (χ1) is 6.43. The molecule has 1 aromatic rings. The van der Waals surface area contributed by atoms with E-state index in [1.54, 1.807) is 0 Å². The number of carboxylic acid groups (broad SMARTS) is 1. The highest BCUT2D eigenvalue weighted by Gasteiger charge is 2.14. The molecule has 0 spiro atoms. The Morgan fingerprint density at radius 2 is 2.00 bits per heavy atom. The molecule has 76 valence electrons. The monoisotopic (exact) mass is 195 g/mol. The minimum atomic E-state index is -1.18. The molecule has 0 aliphatic rings. The van der Waals surface area contributed by atoms with Gasteiger partial charge in [0.15, 0.2) is 0 Å². The van der Waals surface area contributed by atoms with Crippen LogP contribution in [0.2, 0.25) is 0 Å². The van der Waals surface area contributed by atoms with Crippen molar-refractivity contribution in [3.8, 4) is 5.75 Å². The number of phenols is 1. The summed E-state index contributed by atoms with van der Waals surface area (Å²) in [5.74, 6) is -1.26. The molecule has 0 atom stereocenters. The average Bonchev–Trinajstić information content (AvgIpc) is 2.07. The maximum Gasteiger partial charge on any atom is 0.339 e. The highest BCUT2D eigenvalue weighted by Crippen LogP contribution is 2.29. The Labute approximate surface area is 82.0 Å². The summed E-state index contributed by atoms with van der Waals surface area (Å²) < 4.78 is 0. The number of carboxylic acids is 1. The van der Waals surface area contributed by atoms with Gasteiger partial charge in [-0.25, -0.2) is 4.79 Å². The minimum absolute atomic E-state index is 0.156. The third-order valence-electron chi connectivity index (χ3n) is 2.05. The van der Waals surface area contributed by atoms with Gasteiger partial charge in [-0.15, -0.1) is 0 Å². The van der Waals surface area contributed by atoms with Crippen LogP contribution in [0.15, 0.2) is 12.1 Å². The Bertz CT molecular complexity index is 372. The summed E-state index contributed by atoms with van der Waals surface area (Å²) in [5.41, 5.74) is 6.65. The smallest absolute Gasteiger partial charge is 0.339 e. The molecule has 0 aliphatic heterocycles. The van der Waals surface area contributed by atoms with Gasteiger partial charge in [0.05, 0.1) is 0 Å². The van der Waals surface area contributed by atoms with Gasteiger partial charge in [0, 0.05) is 5.69 Å². The zero-order valence-corrected chi connectivity index (χ0v) is 8.11. The summed E-state index contributed by atoms with van der Waals surface area (Å²) >= 11 is 0. The van der Waals surface area contributed by atoms with Gasteiger partial charge in [0.2, 0.25) is 0 Å². The second-order valence-corrected chi connectivity index (χ2v) is 3.46. The number of aromatic hydroxyl groups is 1. The fourth-order valence-corrected chi connectivity index (χ4v) is 1.29. The second-order valence-electron chi connectivity index (χ2n) is 3.46. The lowest BCUT2D eigenvalue weighted by Crippen LogP contribution is -2.02. The molecule has 0 amide bonds. The van der Waals surface area contributed by atoms with Crippen LogP contribution in [0.3, 0.4) is 0 Å². The van der Waals surface area contributed by atoms with Crippen LogP contribution in [0.5, 0.6) is 5.75 Å². The molecular formula is C10H13NO3. The maximum absolute atomic E-state index is 10.6. The number of anilines is 1. The molecule has 4 nitrogen and oxygen atoms in total. The lowest BCUT2D eigenvalue weighted by Gasteiger charge is -2.11. The predicted octanol–water partition coefficient (Wildman–Crippen LogP) is 1.80. The van der Waals surface area contributed by atoms with Crippen molar-refractivity contribution < 1.29 is 15.0 Å². The Morgan fingerprint density at radius 3 is 2.43 bits per heavy atom. The number of rotatable bonds is 2. The number of nitrogens with two attached hydrogens (primary N) is 1. The van der Waals surface area contributed by atoms with Gasteiger partial charge in [-0.2, -0.15) is 0 Å². The molecule has 0 aromatic heterocycles. The third-order valence-corrected chi connectivity index (χ3v) is 2.05. The van der Waals surface area contributed by atoms with Crippen LogP contribution in [0.25, 0.3) is 0 Å². The predicted molar refractivity (Wildman–Crippen MR) is 53.6 cm³/mol. The van der Waals surface area contributed by atoms with E-state index >= 15 is 0 Å². The maximum atomic E-state index is 10.6. The van der Waals surface area contributed by atoms with Crippen LogP contribution < -0.4 is 5.73 Å². The summed E-state index contributed by atoms with van der Waals surface area (Å²) in [6.45, 7) is 3.84. The van der Waals surface area contributed by atoms with Crippen molar-refractivity contribution in [3.63, 3.8) is 0 Å². The highest BCUT2D eigenvalue weighted by molar-refractivity contribution is 5.92. The lowest BCUT2D eigenvalue weighted by atomic mass is 9.98. The van der Waals surface area contributed by atoms with E-state index in [1.165, 1.54) is 12.1 Å². The van der Waals surface area contributed by atoms with Crippen molar-refractivity contribution in [1.29, 1.82) is 0 Å². The molecule has 4 N–H and O–H groups in total. The van der Waals surface area contributed by atoms with Gasteiger partial charge >= 0.3 is 5.97 Å².